The van der Waals surface area contributed by atoms with E-state index in [9.17, 15) is 15.0 Å². The summed E-state index contributed by atoms with van der Waals surface area (Å²) in [7, 11) is 0. The Bertz CT molecular complexity index is 758. The van der Waals surface area contributed by atoms with Gasteiger partial charge in [0, 0.05) is 0 Å². The minimum absolute atomic E-state index is 0.333. The van der Waals surface area contributed by atoms with E-state index in [1.165, 1.54) is 20.8 Å². The molecule has 0 amide bonds. The third-order valence-electron chi connectivity index (χ3n) is 3.73. The average molecular weight is 410 g/mol. The SMILES string of the molecule is CC(Oc1ccc(COc2ccccc2Cl)cc1)C(=O)ON(C(C)O)C(C)O. The number of nitrogens with zero attached hydrogens (tertiary/aromatic N) is 1. The number of para-hydroxylation sites is 1. The number of hydroxylamine groups is 2. The molecule has 7 nitrogen and oxygen atoms in total. The molecule has 152 valence electrons. The van der Waals surface area contributed by atoms with Gasteiger partial charge in [-0.25, -0.2) is 4.79 Å². The maximum Gasteiger partial charge on any atom is 0.366 e. The maximum absolute atomic E-state index is 12.1. The van der Waals surface area contributed by atoms with Crippen molar-refractivity contribution in [2.45, 2.75) is 45.9 Å². The number of hydrogen-bond donors (Lipinski definition) is 2. The second kappa shape index (κ2) is 10.3. The van der Waals surface area contributed by atoms with E-state index in [2.05, 4.69) is 0 Å². The number of benzene rings is 2. The standard InChI is InChI=1S/C20H24ClNO6/c1-13(20(25)28-22(14(2)23)15(3)24)27-17-10-8-16(9-11-17)12-26-19-7-5-4-6-18(19)21/h4-11,13-15,23-24H,12H2,1-3H3. The average Bonchev–Trinajstić information content (AvgIpc) is 2.65. The van der Waals surface area contributed by atoms with Crippen LogP contribution < -0.4 is 9.47 Å². The summed E-state index contributed by atoms with van der Waals surface area (Å²) in [6, 6.07) is 14.2. The zero-order chi connectivity index (χ0) is 20.7. The molecule has 0 bridgehead atoms. The Morgan fingerprint density at radius 1 is 1.04 bits per heavy atom. The Balaban J connectivity index is 1.89. The zero-order valence-electron chi connectivity index (χ0n) is 15.9. The summed E-state index contributed by atoms with van der Waals surface area (Å²) >= 11 is 6.05. The first-order valence-electron chi connectivity index (χ1n) is 8.77. The fraction of sp³-hybridized carbons (Fsp3) is 0.350. The van der Waals surface area contributed by atoms with Crippen molar-refractivity contribution in [3.8, 4) is 11.5 Å². The van der Waals surface area contributed by atoms with Crippen LogP contribution >= 0.6 is 11.6 Å². The predicted octanol–water partition coefficient (Wildman–Crippen LogP) is 3.12. The molecule has 0 aliphatic rings. The van der Waals surface area contributed by atoms with Crippen LogP contribution in [0.2, 0.25) is 5.02 Å². The molecule has 0 aliphatic heterocycles. The molecule has 28 heavy (non-hydrogen) atoms. The number of hydrogen-bond acceptors (Lipinski definition) is 7. The third-order valence-corrected chi connectivity index (χ3v) is 4.04. The van der Waals surface area contributed by atoms with Gasteiger partial charge in [0.25, 0.3) is 0 Å². The fourth-order valence-electron chi connectivity index (χ4n) is 2.28. The Morgan fingerprint density at radius 2 is 1.64 bits per heavy atom. The van der Waals surface area contributed by atoms with Gasteiger partial charge in [-0.1, -0.05) is 40.9 Å². The van der Waals surface area contributed by atoms with Crippen molar-refractivity contribution in [2.75, 3.05) is 0 Å². The van der Waals surface area contributed by atoms with Crippen LogP contribution in [0.5, 0.6) is 11.5 Å². The van der Waals surface area contributed by atoms with E-state index < -0.39 is 24.5 Å². The number of rotatable bonds is 9. The Hall–Kier alpha value is -2.32. The normalized spacial score (nSPS) is 14.2. The molecule has 0 saturated heterocycles. The summed E-state index contributed by atoms with van der Waals surface area (Å²) in [5.41, 5.74) is 0.900. The number of aliphatic hydroxyl groups excluding tert-OH is 2. The summed E-state index contributed by atoms with van der Waals surface area (Å²) < 4.78 is 11.2. The summed E-state index contributed by atoms with van der Waals surface area (Å²) in [4.78, 5) is 17.0. The van der Waals surface area contributed by atoms with Crippen LogP contribution in [0, 0.1) is 0 Å². The molecule has 2 aromatic rings. The summed E-state index contributed by atoms with van der Waals surface area (Å²) in [5, 5.41) is 20.3. The van der Waals surface area contributed by atoms with Crippen molar-refractivity contribution in [1.29, 1.82) is 0 Å². The molecule has 3 unspecified atom stereocenters. The molecule has 0 saturated carbocycles. The van der Waals surface area contributed by atoms with Gasteiger partial charge in [-0.2, -0.15) is 0 Å². The summed E-state index contributed by atoms with van der Waals surface area (Å²) in [5.74, 6) is 0.321. The highest BCUT2D eigenvalue weighted by molar-refractivity contribution is 6.32. The minimum atomic E-state index is -1.16. The molecule has 0 heterocycles. The lowest BCUT2D eigenvalue weighted by Gasteiger charge is -2.27. The second-order valence-corrected chi connectivity index (χ2v) is 6.56. The van der Waals surface area contributed by atoms with E-state index in [0.717, 1.165) is 10.6 Å². The van der Waals surface area contributed by atoms with Crippen molar-refractivity contribution in [2.24, 2.45) is 0 Å². The molecule has 0 aliphatic carbocycles. The summed E-state index contributed by atoms with van der Waals surface area (Å²) in [6.45, 7) is 4.59. The largest absolute Gasteiger partial charge is 0.487 e. The number of halogens is 1. The number of ether oxygens (including phenoxy) is 2. The Kier molecular flexibility index (Phi) is 8.07. The van der Waals surface area contributed by atoms with Gasteiger partial charge in [0.1, 0.15) is 30.6 Å². The molecular formula is C20H24ClNO6. The maximum atomic E-state index is 12.1. The molecule has 2 rings (SSSR count). The molecule has 2 aromatic carbocycles. The number of aliphatic hydroxyl groups is 2. The molecule has 3 atom stereocenters. The number of carbonyl (C=O) groups is 1. The van der Waals surface area contributed by atoms with Crippen LogP contribution in [0.25, 0.3) is 0 Å². The molecule has 0 fully saturated rings. The highest BCUT2D eigenvalue weighted by Gasteiger charge is 2.25. The summed E-state index contributed by atoms with van der Waals surface area (Å²) in [6.07, 6.45) is -3.26. The van der Waals surface area contributed by atoms with E-state index in [0.29, 0.717) is 23.1 Å². The van der Waals surface area contributed by atoms with Crippen LogP contribution in [0.1, 0.15) is 26.3 Å². The fourth-order valence-corrected chi connectivity index (χ4v) is 2.47. The molecular weight excluding hydrogens is 386 g/mol. The van der Waals surface area contributed by atoms with Gasteiger partial charge in [-0.15, -0.1) is 0 Å². The monoisotopic (exact) mass is 409 g/mol. The van der Waals surface area contributed by atoms with Crippen LogP contribution in [0.15, 0.2) is 48.5 Å². The van der Waals surface area contributed by atoms with Crippen molar-refractivity contribution in [3.05, 3.63) is 59.1 Å². The van der Waals surface area contributed by atoms with E-state index in [1.54, 1.807) is 24.3 Å². The first kappa shape index (κ1) is 22.0. The van der Waals surface area contributed by atoms with Crippen LogP contribution in [0.3, 0.4) is 0 Å². The van der Waals surface area contributed by atoms with Crippen molar-refractivity contribution >= 4 is 17.6 Å². The van der Waals surface area contributed by atoms with Gasteiger partial charge >= 0.3 is 5.97 Å². The minimum Gasteiger partial charge on any atom is -0.487 e. The van der Waals surface area contributed by atoms with E-state index in [-0.39, 0.29) is 0 Å². The highest BCUT2D eigenvalue weighted by Crippen LogP contribution is 2.24. The van der Waals surface area contributed by atoms with E-state index >= 15 is 0 Å². The van der Waals surface area contributed by atoms with Gasteiger partial charge in [-0.3, -0.25) is 0 Å². The van der Waals surface area contributed by atoms with Crippen molar-refractivity contribution in [1.82, 2.24) is 5.06 Å². The second-order valence-electron chi connectivity index (χ2n) is 6.16. The molecule has 0 aromatic heterocycles. The molecule has 8 heteroatoms. The van der Waals surface area contributed by atoms with Gasteiger partial charge in [-0.05, 0) is 50.6 Å². The predicted molar refractivity (Wildman–Crippen MR) is 104 cm³/mol. The van der Waals surface area contributed by atoms with Crippen molar-refractivity contribution < 1.29 is 29.3 Å². The van der Waals surface area contributed by atoms with Gasteiger partial charge in [0.2, 0.25) is 0 Å². The van der Waals surface area contributed by atoms with Gasteiger partial charge in [0.05, 0.1) is 5.02 Å². The van der Waals surface area contributed by atoms with Crippen LogP contribution in [-0.4, -0.2) is 39.8 Å². The molecule has 0 spiro atoms. The first-order chi connectivity index (χ1) is 13.3. The lowest BCUT2D eigenvalue weighted by atomic mass is 10.2. The number of carbonyl (C=O) groups excluding carboxylic acids is 1. The lowest BCUT2D eigenvalue weighted by molar-refractivity contribution is -0.280. The topological polar surface area (TPSA) is 88.5 Å². The quantitative estimate of drug-likeness (QED) is 0.486. The van der Waals surface area contributed by atoms with Crippen LogP contribution in [-0.2, 0) is 16.2 Å². The Morgan fingerprint density at radius 3 is 2.21 bits per heavy atom. The molecule has 2 N–H and O–H groups in total. The van der Waals surface area contributed by atoms with Gasteiger partial charge in [0.15, 0.2) is 6.10 Å². The first-order valence-corrected chi connectivity index (χ1v) is 9.15. The third kappa shape index (κ3) is 6.38. The smallest absolute Gasteiger partial charge is 0.366 e. The Labute approximate surface area is 169 Å². The lowest BCUT2D eigenvalue weighted by Crippen LogP contribution is -2.44. The highest BCUT2D eigenvalue weighted by atomic mass is 35.5. The zero-order valence-corrected chi connectivity index (χ0v) is 16.7. The van der Waals surface area contributed by atoms with Gasteiger partial charge < -0.3 is 24.5 Å². The van der Waals surface area contributed by atoms with E-state index in [1.807, 2.05) is 24.3 Å². The van der Waals surface area contributed by atoms with E-state index in [4.69, 9.17) is 25.9 Å². The molecule has 0 radical (unpaired) electrons. The van der Waals surface area contributed by atoms with Crippen molar-refractivity contribution in [3.63, 3.8) is 0 Å². The van der Waals surface area contributed by atoms with Crippen LogP contribution in [0.4, 0.5) is 0 Å².